The van der Waals surface area contributed by atoms with E-state index in [-0.39, 0.29) is 11.2 Å². The standard InChI is InChI=1S/C18H17N3O4S/c1-23-13-5-2-4-12(10-13)16-19-20-18(26-15-7-9-25-17(15)22)21(16)11-14-6-3-8-24-14/h2-6,8,10,15H,7,9,11H2,1H3/t15-/m1/s1. The average Bonchev–Trinajstić information content (AvgIpc) is 3.40. The molecule has 0 amide bonds. The van der Waals surface area contributed by atoms with E-state index < -0.39 is 0 Å². The summed E-state index contributed by atoms with van der Waals surface area (Å²) in [5.41, 5.74) is 0.879. The lowest BCUT2D eigenvalue weighted by Gasteiger charge is -2.11. The zero-order valence-electron chi connectivity index (χ0n) is 14.1. The van der Waals surface area contributed by atoms with Gasteiger partial charge in [0.2, 0.25) is 0 Å². The largest absolute Gasteiger partial charge is 0.497 e. The van der Waals surface area contributed by atoms with Crippen LogP contribution in [0.1, 0.15) is 12.2 Å². The summed E-state index contributed by atoms with van der Waals surface area (Å²) in [5, 5.41) is 9.06. The van der Waals surface area contributed by atoms with Gasteiger partial charge in [0.05, 0.1) is 26.5 Å². The Labute approximate surface area is 154 Å². The fraction of sp³-hybridized carbons (Fsp3) is 0.278. The molecule has 0 N–H and O–H groups in total. The van der Waals surface area contributed by atoms with Gasteiger partial charge in [-0.15, -0.1) is 10.2 Å². The minimum atomic E-state index is -0.257. The van der Waals surface area contributed by atoms with E-state index >= 15 is 0 Å². The highest BCUT2D eigenvalue weighted by Crippen LogP contribution is 2.32. The Morgan fingerprint density at radius 2 is 2.23 bits per heavy atom. The molecule has 8 heteroatoms. The van der Waals surface area contributed by atoms with Gasteiger partial charge in [-0.25, -0.2) is 0 Å². The van der Waals surface area contributed by atoms with Crippen molar-refractivity contribution >= 4 is 17.7 Å². The second kappa shape index (κ2) is 7.25. The lowest BCUT2D eigenvalue weighted by Crippen LogP contribution is -2.12. The second-order valence-corrected chi connectivity index (χ2v) is 6.94. The van der Waals surface area contributed by atoms with E-state index in [9.17, 15) is 4.79 Å². The molecule has 1 saturated heterocycles. The zero-order chi connectivity index (χ0) is 17.9. The van der Waals surface area contributed by atoms with Gasteiger partial charge in [-0.2, -0.15) is 0 Å². The van der Waals surface area contributed by atoms with Crippen molar-refractivity contribution in [2.24, 2.45) is 0 Å². The van der Waals surface area contributed by atoms with Crippen LogP contribution in [0.15, 0.2) is 52.2 Å². The highest BCUT2D eigenvalue weighted by Gasteiger charge is 2.30. The van der Waals surface area contributed by atoms with Gasteiger partial charge in [0.15, 0.2) is 11.0 Å². The number of carbonyl (C=O) groups is 1. The fourth-order valence-electron chi connectivity index (χ4n) is 2.76. The molecule has 1 aromatic carbocycles. The molecule has 0 unspecified atom stereocenters. The minimum Gasteiger partial charge on any atom is -0.497 e. The summed E-state index contributed by atoms with van der Waals surface area (Å²) in [5.74, 6) is 2.01. The summed E-state index contributed by atoms with van der Waals surface area (Å²) in [7, 11) is 1.62. The summed E-state index contributed by atoms with van der Waals surface area (Å²) in [6, 6.07) is 11.4. The lowest BCUT2D eigenvalue weighted by molar-refractivity contribution is -0.137. The summed E-state index contributed by atoms with van der Waals surface area (Å²) in [6.45, 7) is 0.919. The number of esters is 1. The van der Waals surface area contributed by atoms with Gasteiger partial charge in [-0.05, 0) is 24.3 Å². The van der Waals surface area contributed by atoms with Crippen LogP contribution in [0.2, 0.25) is 0 Å². The SMILES string of the molecule is COc1cccc(-c2nnc(S[C@@H]3CCOC3=O)n2Cc2ccco2)c1. The number of cyclic esters (lactones) is 1. The van der Waals surface area contributed by atoms with Gasteiger partial charge in [-0.3, -0.25) is 9.36 Å². The lowest BCUT2D eigenvalue weighted by atomic mass is 10.2. The smallest absolute Gasteiger partial charge is 0.319 e. The molecular formula is C18H17N3O4S. The van der Waals surface area contributed by atoms with Crippen LogP contribution in [0.4, 0.5) is 0 Å². The van der Waals surface area contributed by atoms with E-state index in [2.05, 4.69) is 10.2 Å². The molecule has 1 fully saturated rings. The molecule has 1 aliphatic rings. The first-order valence-corrected chi connectivity index (χ1v) is 9.06. The molecule has 134 valence electrons. The number of methoxy groups -OCH3 is 1. The van der Waals surface area contributed by atoms with E-state index in [1.54, 1.807) is 13.4 Å². The quantitative estimate of drug-likeness (QED) is 0.616. The van der Waals surface area contributed by atoms with Crippen molar-refractivity contribution in [3.8, 4) is 17.1 Å². The van der Waals surface area contributed by atoms with Crippen LogP contribution in [-0.4, -0.2) is 39.7 Å². The van der Waals surface area contributed by atoms with Crippen molar-refractivity contribution < 1.29 is 18.7 Å². The van der Waals surface area contributed by atoms with Crippen molar-refractivity contribution in [3.05, 3.63) is 48.4 Å². The van der Waals surface area contributed by atoms with Gasteiger partial charge in [0.1, 0.15) is 16.8 Å². The Morgan fingerprint density at radius 1 is 1.31 bits per heavy atom. The summed E-state index contributed by atoms with van der Waals surface area (Å²) < 4.78 is 17.8. The molecule has 0 spiro atoms. The number of hydrogen-bond acceptors (Lipinski definition) is 7. The third-order valence-electron chi connectivity index (χ3n) is 4.07. The molecule has 0 saturated carbocycles. The molecule has 3 aromatic rings. The molecule has 26 heavy (non-hydrogen) atoms. The molecule has 0 bridgehead atoms. The number of thioether (sulfide) groups is 1. The minimum absolute atomic E-state index is 0.203. The Kier molecular flexibility index (Phi) is 4.66. The van der Waals surface area contributed by atoms with Gasteiger partial charge in [-0.1, -0.05) is 23.9 Å². The van der Waals surface area contributed by atoms with E-state index in [1.807, 2.05) is 41.0 Å². The van der Waals surface area contributed by atoms with Crippen LogP contribution in [0.5, 0.6) is 5.75 Å². The number of benzene rings is 1. The van der Waals surface area contributed by atoms with Gasteiger partial charge < -0.3 is 13.9 Å². The molecule has 3 heterocycles. The highest BCUT2D eigenvalue weighted by molar-refractivity contribution is 8.00. The maximum Gasteiger partial charge on any atom is 0.319 e. The second-order valence-electron chi connectivity index (χ2n) is 5.77. The number of furan rings is 1. The van der Waals surface area contributed by atoms with Gasteiger partial charge in [0, 0.05) is 12.0 Å². The van der Waals surface area contributed by atoms with Crippen LogP contribution in [0.25, 0.3) is 11.4 Å². The third-order valence-corrected chi connectivity index (χ3v) is 5.30. The van der Waals surface area contributed by atoms with Crippen molar-refractivity contribution in [2.45, 2.75) is 23.4 Å². The van der Waals surface area contributed by atoms with Crippen molar-refractivity contribution in [1.82, 2.24) is 14.8 Å². The summed E-state index contributed by atoms with van der Waals surface area (Å²) >= 11 is 1.38. The number of ether oxygens (including phenoxy) is 2. The van der Waals surface area contributed by atoms with Crippen LogP contribution in [0.3, 0.4) is 0 Å². The van der Waals surface area contributed by atoms with Crippen molar-refractivity contribution in [1.29, 1.82) is 0 Å². The maximum atomic E-state index is 11.8. The maximum absolute atomic E-state index is 11.8. The first-order chi connectivity index (χ1) is 12.7. The Morgan fingerprint density at radius 3 is 2.96 bits per heavy atom. The van der Waals surface area contributed by atoms with E-state index in [4.69, 9.17) is 13.9 Å². The number of nitrogens with zero attached hydrogens (tertiary/aromatic N) is 3. The van der Waals surface area contributed by atoms with Crippen LogP contribution >= 0.6 is 11.8 Å². The molecule has 1 aliphatic heterocycles. The highest BCUT2D eigenvalue weighted by atomic mass is 32.2. The molecular weight excluding hydrogens is 354 g/mol. The first-order valence-electron chi connectivity index (χ1n) is 8.18. The van der Waals surface area contributed by atoms with E-state index in [0.29, 0.717) is 30.6 Å². The predicted octanol–water partition coefficient (Wildman–Crippen LogP) is 3.00. The third kappa shape index (κ3) is 3.32. The van der Waals surface area contributed by atoms with E-state index in [1.165, 1.54) is 11.8 Å². The van der Waals surface area contributed by atoms with Crippen LogP contribution < -0.4 is 4.74 Å². The normalized spacial score (nSPS) is 16.7. The summed E-state index contributed by atoms with van der Waals surface area (Å²) in [6.07, 6.45) is 2.30. The molecule has 7 nitrogen and oxygen atoms in total. The molecule has 0 radical (unpaired) electrons. The molecule has 4 rings (SSSR count). The predicted molar refractivity (Wildman–Crippen MR) is 95.0 cm³/mol. The Bertz CT molecular complexity index is 907. The number of rotatable bonds is 6. The van der Waals surface area contributed by atoms with Crippen molar-refractivity contribution in [3.63, 3.8) is 0 Å². The monoisotopic (exact) mass is 371 g/mol. The first kappa shape index (κ1) is 16.7. The topological polar surface area (TPSA) is 79.4 Å². The number of aromatic nitrogens is 3. The summed E-state index contributed by atoms with van der Waals surface area (Å²) in [4.78, 5) is 11.8. The molecule has 1 atom stereocenters. The fourth-order valence-corrected chi connectivity index (χ4v) is 3.76. The van der Waals surface area contributed by atoms with Crippen LogP contribution in [0, 0.1) is 0 Å². The van der Waals surface area contributed by atoms with E-state index in [0.717, 1.165) is 17.1 Å². The zero-order valence-corrected chi connectivity index (χ0v) is 14.9. The van der Waals surface area contributed by atoms with Gasteiger partial charge in [0.25, 0.3) is 0 Å². The Balaban J connectivity index is 1.71. The Hall–Kier alpha value is -2.74. The average molecular weight is 371 g/mol. The van der Waals surface area contributed by atoms with Crippen LogP contribution in [-0.2, 0) is 16.1 Å². The molecule has 2 aromatic heterocycles. The van der Waals surface area contributed by atoms with Crippen molar-refractivity contribution in [2.75, 3.05) is 13.7 Å². The van der Waals surface area contributed by atoms with Gasteiger partial charge >= 0.3 is 5.97 Å². The number of hydrogen-bond donors (Lipinski definition) is 0. The molecule has 0 aliphatic carbocycles. The number of carbonyl (C=O) groups excluding carboxylic acids is 1.